The summed E-state index contributed by atoms with van der Waals surface area (Å²) in [5, 5.41) is 4.33. The summed E-state index contributed by atoms with van der Waals surface area (Å²) < 4.78 is 2.38. The Kier molecular flexibility index (Phi) is 5.97. The van der Waals surface area contributed by atoms with Crippen molar-refractivity contribution < 1.29 is 0 Å². The van der Waals surface area contributed by atoms with Gasteiger partial charge >= 0.3 is 0 Å². The molecule has 2 aromatic carbocycles. The molecule has 3 heterocycles. The quantitative estimate of drug-likeness (QED) is 0.322. The lowest BCUT2D eigenvalue weighted by Crippen LogP contribution is -2.29. The van der Waals surface area contributed by atoms with Crippen LogP contribution in [0.1, 0.15) is 57.0 Å². The molecule has 5 rings (SSSR count). The molecule has 0 spiro atoms. The molecule has 2 atom stereocenters. The van der Waals surface area contributed by atoms with Crippen molar-refractivity contribution in [2.75, 3.05) is 4.90 Å². The fraction of sp³-hybridized carbons (Fsp3) is 0.267. The van der Waals surface area contributed by atoms with Crippen LogP contribution in [0.2, 0.25) is 0 Å². The smallest absolute Gasteiger partial charge is 0.174 e. The maximum Gasteiger partial charge on any atom is 0.174 e. The van der Waals surface area contributed by atoms with Gasteiger partial charge in [-0.15, -0.1) is 0 Å². The summed E-state index contributed by atoms with van der Waals surface area (Å²) >= 11 is 5.95. The Morgan fingerprint density at radius 3 is 2.34 bits per heavy atom. The number of hydrogen-bond acceptors (Lipinski definition) is 2. The lowest BCUT2D eigenvalue weighted by Gasteiger charge is -2.29. The number of thiocarbonyl (C=S) groups is 1. The van der Waals surface area contributed by atoms with Crippen molar-refractivity contribution in [3.8, 4) is 5.69 Å². The molecule has 0 aliphatic carbocycles. The van der Waals surface area contributed by atoms with Gasteiger partial charge in [-0.25, -0.2) is 0 Å². The SMILES string of the molecule is Cc1ccc(N2C(=S)NC(c3ccccn3)C2c2cc(C)n(-c3cccc(C)c3C)c2C)cc1C. The number of anilines is 1. The monoisotopic (exact) mass is 480 g/mol. The second kappa shape index (κ2) is 8.97. The molecule has 5 heteroatoms. The number of pyridine rings is 1. The molecule has 4 nitrogen and oxygen atoms in total. The normalized spacial score (nSPS) is 17.7. The van der Waals surface area contributed by atoms with Crippen molar-refractivity contribution in [1.82, 2.24) is 14.9 Å². The molecule has 0 radical (unpaired) electrons. The highest BCUT2D eigenvalue weighted by molar-refractivity contribution is 7.80. The molecule has 1 N–H and O–H groups in total. The van der Waals surface area contributed by atoms with Crippen LogP contribution in [0.5, 0.6) is 0 Å². The number of hydrogen-bond donors (Lipinski definition) is 1. The molecule has 178 valence electrons. The Bertz CT molecular complexity index is 1420. The Labute approximate surface area is 213 Å². The van der Waals surface area contributed by atoms with Gasteiger partial charge in [0, 0.05) is 29.0 Å². The highest BCUT2D eigenvalue weighted by atomic mass is 32.1. The van der Waals surface area contributed by atoms with Gasteiger partial charge in [-0.1, -0.05) is 24.3 Å². The average molecular weight is 481 g/mol. The summed E-state index contributed by atoms with van der Waals surface area (Å²) in [6.45, 7) is 13.1. The first-order valence-electron chi connectivity index (χ1n) is 12.1. The Balaban J connectivity index is 1.71. The molecule has 1 saturated heterocycles. The van der Waals surface area contributed by atoms with E-state index in [1.807, 2.05) is 18.3 Å². The first kappa shape index (κ1) is 23.3. The van der Waals surface area contributed by atoms with Crippen LogP contribution >= 0.6 is 12.2 Å². The van der Waals surface area contributed by atoms with Crippen LogP contribution in [0, 0.1) is 41.5 Å². The molecular weight excluding hydrogens is 448 g/mol. The van der Waals surface area contributed by atoms with Gasteiger partial charge in [0.05, 0.1) is 17.8 Å². The van der Waals surface area contributed by atoms with Crippen molar-refractivity contribution >= 4 is 23.0 Å². The molecule has 0 bridgehead atoms. The van der Waals surface area contributed by atoms with Crippen molar-refractivity contribution in [1.29, 1.82) is 0 Å². The minimum Gasteiger partial charge on any atom is -0.351 e. The fourth-order valence-electron chi connectivity index (χ4n) is 5.26. The van der Waals surface area contributed by atoms with Gasteiger partial charge in [-0.2, -0.15) is 0 Å². The third-order valence-electron chi connectivity index (χ3n) is 7.47. The van der Waals surface area contributed by atoms with E-state index in [9.17, 15) is 0 Å². The summed E-state index contributed by atoms with van der Waals surface area (Å²) in [4.78, 5) is 6.99. The highest BCUT2D eigenvalue weighted by Gasteiger charge is 2.42. The van der Waals surface area contributed by atoms with Crippen LogP contribution < -0.4 is 10.2 Å². The fourth-order valence-corrected chi connectivity index (χ4v) is 5.61. The Morgan fingerprint density at radius 2 is 1.63 bits per heavy atom. The van der Waals surface area contributed by atoms with E-state index < -0.39 is 0 Å². The van der Waals surface area contributed by atoms with Crippen LogP contribution in [0.3, 0.4) is 0 Å². The standard InChI is InChI=1S/C30H32N4S/c1-18-13-14-24(16-20(18)3)34-29(28(32-30(34)35)26-11-7-8-15-31-26)25-17-21(4)33(23(25)6)27-12-9-10-19(2)22(27)5/h7-17,28-29H,1-6H3,(H,32,35). The summed E-state index contributed by atoms with van der Waals surface area (Å²) in [5.74, 6) is 0. The second-order valence-electron chi connectivity index (χ2n) is 9.65. The first-order valence-corrected chi connectivity index (χ1v) is 12.5. The van der Waals surface area contributed by atoms with Gasteiger partial charge in [-0.3, -0.25) is 4.98 Å². The maximum absolute atomic E-state index is 5.95. The molecule has 0 saturated carbocycles. The number of rotatable bonds is 4. The van der Waals surface area contributed by atoms with E-state index in [2.05, 4.69) is 105 Å². The Hall–Kier alpha value is -3.44. The van der Waals surface area contributed by atoms with E-state index in [1.54, 1.807) is 0 Å². The highest BCUT2D eigenvalue weighted by Crippen LogP contribution is 2.44. The zero-order chi connectivity index (χ0) is 24.9. The zero-order valence-electron chi connectivity index (χ0n) is 21.3. The van der Waals surface area contributed by atoms with E-state index in [4.69, 9.17) is 17.2 Å². The number of aromatic nitrogens is 2. The van der Waals surface area contributed by atoms with E-state index >= 15 is 0 Å². The summed E-state index contributed by atoms with van der Waals surface area (Å²) in [6.07, 6.45) is 1.86. The number of nitrogens with one attached hydrogen (secondary N) is 1. The van der Waals surface area contributed by atoms with Gasteiger partial charge in [0.15, 0.2) is 5.11 Å². The zero-order valence-corrected chi connectivity index (χ0v) is 22.1. The van der Waals surface area contributed by atoms with Crippen LogP contribution in [0.4, 0.5) is 5.69 Å². The minimum atomic E-state index is -0.0575. The molecular formula is C30H32N4S. The molecule has 0 amide bonds. The number of benzene rings is 2. The maximum atomic E-state index is 5.95. The predicted molar refractivity (Wildman–Crippen MR) is 149 cm³/mol. The van der Waals surface area contributed by atoms with Gasteiger partial charge in [0.1, 0.15) is 0 Å². The van der Waals surface area contributed by atoms with E-state index in [0.29, 0.717) is 0 Å². The first-order chi connectivity index (χ1) is 16.8. The van der Waals surface area contributed by atoms with E-state index in [1.165, 1.54) is 44.9 Å². The van der Waals surface area contributed by atoms with Crippen molar-refractivity contribution in [3.63, 3.8) is 0 Å². The van der Waals surface area contributed by atoms with Crippen molar-refractivity contribution in [2.24, 2.45) is 0 Å². The van der Waals surface area contributed by atoms with Gasteiger partial charge < -0.3 is 14.8 Å². The van der Waals surface area contributed by atoms with Crippen LogP contribution in [0.25, 0.3) is 5.69 Å². The van der Waals surface area contributed by atoms with Crippen LogP contribution in [-0.4, -0.2) is 14.7 Å². The second-order valence-corrected chi connectivity index (χ2v) is 10.0. The largest absolute Gasteiger partial charge is 0.351 e. The third kappa shape index (κ3) is 3.94. The van der Waals surface area contributed by atoms with Crippen molar-refractivity contribution in [3.05, 3.63) is 112 Å². The molecule has 2 unspecified atom stereocenters. The van der Waals surface area contributed by atoms with E-state index in [-0.39, 0.29) is 12.1 Å². The molecule has 1 fully saturated rings. The molecule has 4 aromatic rings. The minimum absolute atomic E-state index is 0.0235. The molecule has 1 aliphatic rings. The lowest BCUT2D eigenvalue weighted by atomic mass is 9.96. The summed E-state index contributed by atoms with van der Waals surface area (Å²) in [5.41, 5.74) is 12.1. The molecule has 1 aliphatic heterocycles. The van der Waals surface area contributed by atoms with Crippen molar-refractivity contribution in [2.45, 2.75) is 53.6 Å². The van der Waals surface area contributed by atoms with Gasteiger partial charge in [0.2, 0.25) is 0 Å². The Morgan fingerprint density at radius 1 is 0.829 bits per heavy atom. The van der Waals surface area contributed by atoms with Crippen LogP contribution in [0.15, 0.2) is 66.9 Å². The topological polar surface area (TPSA) is 33.1 Å². The number of nitrogens with zero attached hydrogens (tertiary/aromatic N) is 3. The molecule has 35 heavy (non-hydrogen) atoms. The predicted octanol–water partition coefficient (Wildman–Crippen LogP) is 6.90. The summed E-state index contributed by atoms with van der Waals surface area (Å²) in [7, 11) is 0. The number of aryl methyl sites for hydroxylation is 4. The van der Waals surface area contributed by atoms with Crippen LogP contribution in [-0.2, 0) is 0 Å². The summed E-state index contributed by atoms with van der Waals surface area (Å²) in [6, 6.07) is 21.4. The lowest BCUT2D eigenvalue weighted by molar-refractivity contribution is 0.565. The average Bonchev–Trinajstić information content (AvgIpc) is 3.33. The third-order valence-corrected chi connectivity index (χ3v) is 7.79. The van der Waals surface area contributed by atoms with Gasteiger partial charge in [0.25, 0.3) is 0 Å². The molecule has 2 aromatic heterocycles. The van der Waals surface area contributed by atoms with E-state index in [0.717, 1.165) is 16.5 Å². The van der Waals surface area contributed by atoms with Gasteiger partial charge in [-0.05, 0) is 118 Å².